The lowest BCUT2D eigenvalue weighted by molar-refractivity contribution is 0.148. The standard InChI is InChI=1S/C27H30F2N6O/c1-17(2)36-26-24-22(21-9-6-19(28)14-23(21)29)15-30-25(24)32-27(33-26)31-20-7-4-18(5-8-20)16-35-12-10-34(3)11-13-35/h4-9,14-15,17H,10-13,16H2,1-3H3,(H2,30,31,32,33). The number of halogens is 2. The zero-order valence-corrected chi connectivity index (χ0v) is 20.7. The largest absolute Gasteiger partial charge is 0.474 e. The van der Waals surface area contributed by atoms with Crippen LogP contribution in [0.2, 0.25) is 0 Å². The van der Waals surface area contributed by atoms with Crippen molar-refractivity contribution in [2.45, 2.75) is 26.5 Å². The number of fused-ring (bicyclic) bond motifs is 1. The fourth-order valence-electron chi connectivity index (χ4n) is 4.37. The van der Waals surface area contributed by atoms with E-state index in [9.17, 15) is 8.78 Å². The normalized spacial score (nSPS) is 15.1. The molecule has 0 atom stereocenters. The molecule has 2 N–H and O–H groups in total. The van der Waals surface area contributed by atoms with E-state index < -0.39 is 11.6 Å². The Balaban J connectivity index is 1.40. The Morgan fingerprint density at radius 1 is 1.00 bits per heavy atom. The van der Waals surface area contributed by atoms with Crippen molar-refractivity contribution >= 4 is 22.7 Å². The summed E-state index contributed by atoms with van der Waals surface area (Å²) in [6.45, 7) is 9.04. The molecule has 0 saturated carbocycles. The van der Waals surface area contributed by atoms with Gasteiger partial charge in [0, 0.05) is 61.8 Å². The Bertz CT molecular complexity index is 1350. The number of likely N-dealkylation sites (N-methyl/N-ethyl adjacent to an activating group) is 1. The molecule has 2 aromatic heterocycles. The highest BCUT2D eigenvalue weighted by Gasteiger charge is 2.20. The van der Waals surface area contributed by atoms with E-state index in [0.29, 0.717) is 28.4 Å². The summed E-state index contributed by atoms with van der Waals surface area (Å²) in [6.07, 6.45) is 1.48. The summed E-state index contributed by atoms with van der Waals surface area (Å²) in [5, 5.41) is 3.79. The summed E-state index contributed by atoms with van der Waals surface area (Å²) >= 11 is 0. The van der Waals surface area contributed by atoms with Crippen LogP contribution in [0.15, 0.2) is 48.7 Å². The second-order valence-corrected chi connectivity index (χ2v) is 9.47. The van der Waals surface area contributed by atoms with Gasteiger partial charge in [0.2, 0.25) is 11.8 Å². The molecule has 2 aromatic carbocycles. The molecule has 0 unspecified atom stereocenters. The molecular weight excluding hydrogens is 462 g/mol. The van der Waals surface area contributed by atoms with Gasteiger partial charge in [-0.05, 0) is 50.7 Å². The molecule has 0 aliphatic carbocycles. The monoisotopic (exact) mass is 492 g/mol. The van der Waals surface area contributed by atoms with Crippen molar-refractivity contribution in [3.8, 4) is 17.0 Å². The van der Waals surface area contributed by atoms with Gasteiger partial charge in [0.25, 0.3) is 0 Å². The average Bonchev–Trinajstić information content (AvgIpc) is 3.25. The first-order valence-electron chi connectivity index (χ1n) is 12.1. The van der Waals surface area contributed by atoms with Gasteiger partial charge in [-0.15, -0.1) is 0 Å². The number of rotatable bonds is 7. The van der Waals surface area contributed by atoms with Crippen LogP contribution in [-0.2, 0) is 6.54 Å². The lowest BCUT2D eigenvalue weighted by Gasteiger charge is -2.32. The van der Waals surface area contributed by atoms with Gasteiger partial charge in [-0.1, -0.05) is 12.1 Å². The number of anilines is 2. The maximum atomic E-state index is 14.5. The lowest BCUT2D eigenvalue weighted by Crippen LogP contribution is -2.43. The molecule has 0 bridgehead atoms. The third-order valence-electron chi connectivity index (χ3n) is 6.28. The number of aromatic nitrogens is 3. The number of H-pyrrole nitrogens is 1. The van der Waals surface area contributed by atoms with Crippen molar-refractivity contribution in [3.05, 3.63) is 65.9 Å². The van der Waals surface area contributed by atoms with Crippen LogP contribution in [0.3, 0.4) is 0 Å². The van der Waals surface area contributed by atoms with Crippen molar-refractivity contribution in [1.82, 2.24) is 24.8 Å². The number of benzene rings is 2. The number of nitrogens with zero attached hydrogens (tertiary/aromatic N) is 4. The van der Waals surface area contributed by atoms with Crippen LogP contribution in [0, 0.1) is 11.6 Å². The Hall–Kier alpha value is -3.56. The molecule has 4 aromatic rings. The zero-order valence-electron chi connectivity index (χ0n) is 20.7. The maximum absolute atomic E-state index is 14.5. The number of nitrogens with one attached hydrogen (secondary N) is 2. The van der Waals surface area contributed by atoms with Crippen molar-refractivity contribution in [3.63, 3.8) is 0 Å². The van der Waals surface area contributed by atoms with Crippen LogP contribution in [0.5, 0.6) is 5.88 Å². The molecule has 9 heteroatoms. The number of hydrogen-bond acceptors (Lipinski definition) is 6. The number of aromatic amines is 1. The minimum Gasteiger partial charge on any atom is -0.474 e. The van der Waals surface area contributed by atoms with E-state index in [2.05, 4.69) is 49.2 Å². The summed E-state index contributed by atoms with van der Waals surface area (Å²) in [5.41, 5.74) is 3.35. The first-order chi connectivity index (χ1) is 17.4. The molecule has 0 radical (unpaired) electrons. The summed E-state index contributed by atoms with van der Waals surface area (Å²) in [7, 11) is 2.16. The highest BCUT2D eigenvalue weighted by atomic mass is 19.1. The molecule has 1 saturated heterocycles. The van der Waals surface area contributed by atoms with E-state index in [-0.39, 0.29) is 11.7 Å². The van der Waals surface area contributed by atoms with E-state index in [0.717, 1.165) is 44.5 Å². The van der Waals surface area contributed by atoms with Gasteiger partial charge >= 0.3 is 0 Å². The van der Waals surface area contributed by atoms with Crippen molar-refractivity contribution < 1.29 is 13.5 Å². The number of piperazine rings is 1. The maximum Gasteiger partial charge on any atom is 0.232 e. The van der Waals surface area contributed by atoms with E-state index >= 15 is 0 Å². The summed E-state index contributed by atoms with van der Waals surface area (Å²) < 4.78 is 34.0. The minimum atomic E-state index is -0.662. The Morgan fingerprint density at radius 2 is 1.75 bits per heavy atom. The zero-order chi connectivity index (χ0) is 25.2. The van der Waals surface area contributed by atoms with E-state index in [1.54, 1.807) is 6.20 Å². The first kappa shape index (κ1) is 24.1. The van der Waals surface area contributed by atoms with Crippen LogP contribution in [-0.4, -0.2) is 64.1 Å². The quantitative estimate of drug-likeness (QED) is 0.371. The van der Waals surface area contributed by atoms with Crippen LogP contribution >= 0.6 is 0 Å². The molecule has 0 spiro atoms. The molecule has 7 nitrogen and oxygen atoms in total. The topological polar surface area (TPSA) is 69.3 Å². The number of ether oxygens (including phenoxy) is 1. The summed E-state index contributed by atoms with van der Waals surface area (Å²) in [4.78, 5) is 17.1. The predicted molar refractivity (Wildman–Crippen MR) is 138 cm³/mol. The van der Waals surface area contributed by atoms with Gasteiger partial charge in [0.05, 0.1) is 11.5 Å². The highest BCUT2D eigenvalue weighted by molar-refractivity contribution is 5.98. The third-order valence-corrected chi connectivity index (χ3v) is 6.28. The van der Waals surface area contributed by atoms with Crippen LogP contribution in [0.25, 0.3) is 22.2 Å². The fraction of sp³-hybridized carbons (Fsp3) is 0.333. The second kappa shape index (κ2) is 10.2. The molecular formula is C27H30F2N6O. The minimum absolute atomic E-state index is 0.161. The predicted octanol–water partition coefficient (Wildman–Crippen LogP) is 5.18. The van der Waals surface area contributed by atoms with Crippen molar-refractivity contribution in [1.29, 1.82) is 0 Å². The first-order valence-corrected chi connectivity index (χ1v) is 12.1. The van der Waals surface area contributed by atoms with E-state index in [4.69, 9.17) is 4.74 Å². The van der Waals surface area contributed by atoms with Crippen LogP contribution in [0.1, 0.15) is 19.4 Å². The molecule has 1 aliphatic rings. The second-order valence-electron chi connectivity index (χ2n) is 9.47. The van der Waals surface area contributed by atoms with Gasteiger partial charge < -0.3 is 19.9 Å². The molecule has 1 aliphatic heterocycles. The van der Waals surface area contributed by atoms with E-state index in [1.807, 2.05) is 26.0 Å². The fourth-order valence-corrected chi connectivity index (χ4v) is 4.37. The molecule has 3 heterocycles. The highest BCUT2D eigenvalue weighted by Crippen LogP contribution is 2.36. The van der Waals surface area contributed by atoms with Crippen LogP contribution in [0.4, 0.5) is 20.4 Å². The lowest BCUT2D eigenvalue weighted by atomic mass is 10.1. The molecule has 36 heavy (non-hydrogen) atoms. The van der Waals surface area contributed by atoms with Crippen LogP contribution < -0.4 is 10.1 Å². The Morgan fingerprint density at radius 3 is 2.44 bits per heavy atom. The van der Waals surface area contributed by atoms with Crippen molar-refractivity contribution in [2.24, 2.45) is 0 Å². The summed E-state index contributed by atoms with van der Waals surface area (Å²) in [6, 6.07) is 11.7. The Kier molecular flexibility index (Phi) is 6.84. The van der Waals surface area contributed by atoms with Gasteiger partial charge in [-0.2, -0.15) is 9.97 Å². The molecule has 1 fully saturated rings. The average molecular weight is 493 g/mol. The van der Waals surface area contributed by atoms with Gasteiger partial charge in [0.15, 0.2) is 0 Å². The van der Waals surface area contributed by atoms with Gasteiger partial charge in [0.1, 0.15) is 17.3 Å². The van der Waals surface area contributed by atoms with E-state index in [1.165, 1.54) is 17.7 Å². The number of hydrogen-bond donors (Lipinski definition) is 2. The van der Waals surface area contributed by atoms with Crippen molar-refractivity contribution in [2.75, 3.05) is 38.5 Å². The molecule has 5 rings (SSSR count). The summed E-state index contributed by atoms with van der Waals surface area (Å²) in [5.74, 6) is -0.612. The SMILES string of the molecule is CC(C)Oc1nc(Nc2ccc(CN3CCN(C)CC3)cc2)nc2[nH]cc(-c3ccc(F)cc3F)c12. The smallest absolute Gasteiger partial charge is 0.232 e. The van der Waals surface area contributed by atoms with Gasteiger partial charge in [-0.3, -0.25) is 4.90 Å². The Labute approximate surface area is 209 Å². The third kappa shape index (κ3) is 5.32. The molecule has 188 valence electrons. The van der Waals surface area contributed by atoms with Gasteiger partial charge in [-0.25, -0.2) is 8.78 Å². The molecule has 0 amide bonds.